The maximum Gasteiger partial charge on any atom is 0.273 e. The molecule has 0 aromatic carbocycles. The summed E-state index contributed by atoms with van der Waals surface area (Å²) >= 11 is 1.56. The van der Waals surface area contributed by atoms with Crippen molar-refractivity contribution in [2.24, 2.45) is 0 Å². The van der Waals surface area contributed by atoms with E-state index >= 15 is 0 Å². The van der Waals surface area contributed by atoms with Crippen LogP contribution in [0.1, 0.15) is 43.6 Å². The first-order chi connectivity index (χ1) is 9.20. The Morgan fingerprint density at radius 2 is 2.42 bits per heavy atom. The minimum absolute atomic E-state index is 0.161. The number of amides is 1. The summed E-state index contributed by atoms with van der Waals surface area (Å²) in [6.07, 6.45) is 3.23. The third kappa shape index (κ3) is 3.67. The van der Waals surface area contributed by atoms with E-state index in [1.54, 1.807) is 17.4 Å². The third-order valence-electron chi connectivity index (χ3n) is 2.88. The Balaban J connectivity index is 1.96. The number of hydrogen-bond acceptors (Lipinski definition) is 4. The maximum absolute atomic E-state index is 12.0. The minimum Gasteiger partial charge on any atom is -0.355 e. The molecular formula is C14H18N2O2S. The van der Waals surface area contributed by atoms with E-state index in [1.807, 2.05) is 24.4 Å². The van der Waals surface area contributed by atoms with Crippen molar-refractivity contribution < 1.29 is 9.32 Å². The van der Waals surface area contributed by atoms with Crippen molar-refractivity contribution in [3.63, 3.8) is 0 Å². The molecule has 0 bridgehead atoms. The maximum atomic E-state index is 12.0. The summed E-state index contributed by atoms with van der Waals surface area (Å²) in [4.78, 5) is 12.9. The van der Waals surface area contributed by atoms with E-state index in [0.29, 0.717) is 11.5 Å². The molecule has 0 aliphatic carbocycles. The van der Waals surface area contributed by atoms with Gasteiger partial charge in [0.25, 0.3) is 5.91 Å². The van der Waals surface area contributed by atoms with Gasteiger partial charge in [-0.2, -0.15) is 0 Å². The van der Waals surface area contributed by atoms with Gasteiger partial charge in [-0.3, -0.25) is 4.79 Å². The van der Waals surface area contributed by atoms with Crippen molar-refractivity contribution in [2.75, 3.05) is 0 Å². The number of nitrogens with zero attached hydrogens (tertiary/aromatic N) is 1. The van der Waals surface area contributed by atoms with E-state index in [1.165, 1.54) is 0 Å². The second-order valence-corrected chi connectivity index (χ2v) is 5.52. The lowest BCUT2D eigenvalue weighted by molar-refractivity contribution is 0.0929. The molecule has 2 heterocycles. The standard InChI is InChI=1S/C14H18N2O2S/c1-3-4-6-10(2)15-14(17)11-9-12(18-16-11)13-7-5-8-19-13/h5,7-10H,3-4,6H2,1-2H3,(H,15,17). The van der Waals surface area contributed by atoms with Crippen LogP contribution in [0.3, 0.4) is 0 Å². The van der Waals surface area contributed by atoms with Gasteiger partial charge < -0.3 is 9.84 Å². The molecule has 0 radical (unpaired) electrons. The number of hydrogen-bond donors (Lipinski definition) is 1. The fraction of sp³-hybridized carbons (Fsp3) is 0.429. The van der Waals surface area contributed by atoms with Gasteiger partial charge in [0.2, 0.25) is 0 Å². The normalized spacial score (nSPS) is 12.3. The van der Waals surface area contributed by atoms with Crippen LogP contribution in [0.5, 0.6) is 0 Å². The number of nitrogens with one attached hydrogen (secondary N) is 1. The molecule has 1 atom stereocenters. The quantitative estimate of drug-likeness (QED) is 0.876. The predicted molar refractivity (Wildman–Crippen MR) is 76.3 cm³/mol. The summed E-state index contributed by atoms with van der Waals surface area (Å²) in [7, 11) is 0. The molecule has 0 saturated carbocycles. The fourth-order valence-electron chi connectivity index (χ4n) is 1.80. The third-order valence-corrected chi connectivity index (χ3v) is 3.76. The van der Waals surface area contributed by atoms with Crippen LogP contribution in [0.25, 0.3) is 10.6 Å². The van der Waals surface area contributed by atoms with E-state index < -0.39 is 0 Å². The monoisotopic (exact) mass is 278 g/mol. The molecule has 4 nitrogen and oxygen atoms in total. The number of thiophene rings is 1. The van der Waals surface area contributed by atoms with Crippen LogP contribution in [-0.4, -0.2) is 17.1 Å². The summed E-state index contributed by atoms with van der Waals surface area (Å²) in [5.41, 5.74) is 0.340. The van der Waals surface area contributed by atoms with E-state index in [2.05, 4.69) is 17.4 Å². The summed E-state index contributed by atoms with van der Waals surface area (Å²) < 4.78 is 5.19. The Morgan fingerprint density at radius 3 is 3.11 bits per heavy atom. The molecule has 1 unspecified atom stereocenters. The molecule has 2 aromatic rings. The second-order valence-electron chi connectivity index (χ2n) is 4.57. The molecular weight excluding hydrogens is 260 g/mol. The van der Waals surface area contributed by atoms with Gasteiger partial charge in [-0.25, -0.2) is 0 Å². The highest BCUT2D eigenvalue weighted by Gasteiger charge is 2.15. The second kappa shape index (κ2) is 6.52. The lowest BCUT2D eigenvalue weighted by Crippen LogP contribution is -2.32. The molecule has 1 amide bonds. The zero-order chi connectivity index (χ0) is 13.7. The van der Waals surface area contributed by atoms with Crippen molar-refractivity contribution >= 4 is 17.2 Å². The minimum atomic E-state index is -0.171. The highest BCUT2D eigenvalue weighted by Crippen LogP contribution is 2.25. The van der Waals surface area contributed by atoms with Gasteiger partial charge in [0, 0.05) is 12.1 Å². The van der Waals surface area contributed by atoms with Crippen molar-refractivity contribution in [2.45, 2.75) is 39.2 Å². The summed E-state index contributed by atoms with van der Waals surface area (Å²) in [5, 5.41) is 8.72. The first-order valence-corrected chi connectivity index (χ1v) is 7.40. The molecule has 0 saturated heterocycles. The van der Waals surface area contributed by atoms with Crippen molar-refractivity contribution in [3.05, 3.63) is 29.3 Å². The smallest absolute Gasteiger partial charge is 0.273 e. The van der Waals surface area contributed by atoms with Crippen LogP contribution in [-0.2, 0) is 0 Å². The van der Waals surface area contributed by atoms with E-state index in [9.17, 15) is 4.79 Å². The average Bonchev–Trinajstić information content (AvgIpc) is 3.05. The number of rotatable bonds is 6. The van der Waals surface area contributed by atoms with E-state index in [0.717, 1.165) is 24.1 Å². The molecule has 0 aliphatic heterocycles. The Kier molecular flexibility index (Phi) is 4.74. The number of unbranched alkanes of at least 4 members (excludes halogenated alkanes) is 1. The van der Waals surface area contributed by atoms with Gasteiger partial charge in [-0.15, -0.1) is 11.3 Å². The SMILES string of the molecule is CCCCC(C)NC(=O)c1cc(-c2cccs2)on1. The number of carbonyl (C=O) groups is 1. The van der Waals surface area contributed by atoms with Crippen LogP contribution < -0.4 is 5.32 Å². The van der Waals surface area contributed by atoms with Crippen molar-refractivity contribution in [3.8, 4) is 10.6 Å². The van der Waals surface area contributed by atoms with Gasteiger partial charge in [-0.1, -0.05) is 31.0 Å². The molecule has 2 rings (SSSR count). The topological polar surface area (TPSA) is 55.1 Å². The Hall–Kier alpha value is -1.62. The average molecular weight is 278 g/mol. The largest absolute Gasteiger partial charge is 0.355 e. The van der Waals surface area contributed by atoms with Crippen molar-refractivity contribution in [1.29, 1.82) is 0 Å². The summed E-state index contributed by atoms with van der Waals surface area (Å²) in [6, 6.07) is 5.73. The van der Waals surface area contributed by atoms with Gasteiger partial charge in [-0.05, 0) is 24.8 Å². The van der Waals surface area contributed by atoms with Gasteiger partial charge in [0.15, 0.2) is 11.5 Å². The molecule has 19 heavy (non-hydrogen) atoms. The first-order valence-electron chi connectivity index (χ1n) is 6.52. The highest BCUT2D eigenvalue weighted by atomic mass is 32.1. The van der Waals surface area contributed by atoms with E-state index in [-0.39, 0.29) is 11.9 Å². The zero-order valence-corrected chi connectivity index (χ0v) is 12.0. The zero-order valence-electron chi connectivity index (χ0n) is 11.2. The Bertz CT molecular complexity index is 519. The number of carbonyl (C=O) groups excluding carboxylic acids is 1. The van der Waals surface area contributed by atoms with Crippen LogP contribution in [0.15, 0.2) is 28.1 Å². The number of aromatic nitrogens is 1. The molecule has 0 fully saturated rings. The van der Waals surface area contributed by atoms with Gasteiger partial charge >= 0.3 is 0 Å². The fourth-order valence-corrected chi connectivity index (χ4v) is 2.47. The van der Waals surface area contributed by atoms with Gasteiger partial charge in [0.1, 0.15) is 0 Å². The van der Waals surface area contributed by atoms with Crippen LogP contribution in [0.4, 0.5) is 0 Å². The lowest BCUT2D eigenvalue weighted by Gasteiger charge is -2.11. The Labute approximate surface area is 116 Å². The van der Waals surface area contributed by atoms with Crippen LogP contribution in [0.2, 0.25) is 0 Å². The van der Waals surface area contributed by atoms with Crippen molar-refractivity contribution in [1.82, 2.24) is 10.5 Å². The highest BCUT2D eigenvalue weighted by molar-refractivity contribution is 7.13. The van der Waals surface area contributed by atoms with E-state index in [4.69, 9.17) is 4.52 Å². The molecule has 102 valence electrons. The molecule has 0 aliphatic rings. The van der Waals surface area contributed by atoms with Crippen LogP contribution in [0, 0.1) is 0 Å². The lowest BCUT2D eigenvalue weighted by atomic mass is 10.1. The van der Waals surface area contributed by atoms with Crippen LogP contribution >= 0.6 is 11.3 Å². The Morgan fingerprint density at radius 1 is 1.58 bits per heavy atom. The van der Waals surface area contributed by atoms with Gasteiger partial charge in [0.05, 0.1) is 4.88 Å². The summed E-state index contributed by atoms with van der Waals surface area (Å²) in [5.74, 6) is 0.469. The molecule has 2 aromatic heterocycles. The molecule has 1 N–H and O–H groups in total. The molecule has 5 heteroatoms. The molecule has 0 spiro atoms. The summed E-state index contributed by atoms with van der Waals surface area (Å²) in [6.45, 7) is 4.15. The first kappa shape index (κ1) is 13.8. The predicted octanol–water partition coefficient (Wildman–Crippen LogP) is 3.71.